The van der Waals surface area contributed by atoms with Gasteiger partial charge in [0, 0.05) is 48.8 Å². The Balaban J connectivity index is 0.903. The first-order valence-electron chi connectivity index (χ1n) is 22.2. The fraction of sp³-hybridized carbons (Fsp3) is 0.481. The second kappa shape index (κ2) is 14.5. The Morgan fingerprint density at radius 3 is 2.29 bits per heavy atom. The van der Waals surface area contributed by atoms with Crippen LogP contribution in [0, 0.1) is 58.1 Å². The number of nitrogens with one attached hydrogen (secondary N) is 2. The number of rotatable bonds is 12. The average molecular weight is 776 g/mol. The summed E-state index contributed by atoms with van der Waals surface area (Å²) >= 11 is 0. The van der Waals surface area contributed by atoms with E-state index in [4.69, 9.17) is 4.98 Å². The van der Waals surface area contributed by atoms with Gasteiger partial charge in [0.05, 0.1) is 17.6 Å². The third kappa shape index (κ3) is 6.45. The van der Waals surface area contributed by atoms with Crippen LogP contribution in [0.15, 0.2) is 97.2 Å². The monoisotopic (exact) mass is 775 g/mol. The van der Waals surface area contributed by atoms with Crippen molar-refractivity contribution >= 4 is 21.9 Å². The van der Waals surface area contributed by atoms with Crippen molar-refractivity contribution in [1.82, 2.24) is 24.8 Å². The van der Waals surface area contributed by atoms with Gasteiger partial charge in [0.2, 0.25) is 0 Å². The molecular formula is C52H62FN5. The number of fused-ring (bicyclic) bond motifs is 6. The summed E-state index contributed by atoms with van der Waals surface area (Å²) in [7, 11) is 2.18. The molecule has 8 atom stereocenters. The van der Waals surface area contributed by atoms with Gasteiger partial charge in [-0.1, -0.05) is 95.3 Å². The van der Waals surface area contributed by atoms with Crippen LogP contribution in [-0.2, 0) is 33.1 Å². The van der Waals surface area contributed by atoms with E-state index >= 15 is 0 Å². The quantitative estimate of drug-likeness (QED) is 0.130. The highest BCUT2D eigenvalue weighted by atomic mass is 19.1. The Hall–Kier alpha value is -4.26. The predicted octanol–water partition coefficient (Wildman–Crippen LogP) is 11.2. The molecule has 4 aromatic carbocycles. The number of nitrogens with zero attached hydrogens (tertiary/aromatic N) is 3. The zero-order valence-corrected chi connectivity index (χ0v) is 35.4. The van der Waals surface area contributed by atoms with Gasteiger partial charge in [0.25, 0.3) is 0 Å². The molecule has 0 spiro atoms. The topological polar surface area (TPSA) is 46.8 Å². The van der Waals surface area contributed by atoms with Crippen molar-refractivity contribution in [3.05, 3.63) is 126 Å². The molecular weight excluding hydrogens is 714 g/mol. The maximum Gasteiger partial charge on any atom is 0.123 e. The molecule has 0 radical (unpaired) electrons. The van der Waals surface area contributed by atoms with Gasteiger partial charge >= 0.3 is 0 Å². The number of halogens is 1. The van der Waals surface area contributed by atoms with Gasteiger partial charge in [0.15, 0.2) is 0 Å². The number of para-hydroxylation sites is 1. The summed E-state index contributed by atoms with van der Waals surface area (Å²) in [4.78, 5) is 5.18. The van der Waals surface area contributed by atoms with Crippen molar-refractivity contribution < 1.29 is 4.39 Å². The molecule has 6 saturated carbocycles. The molecule has 58 heavy (non-hydrogen) atoms. The van der Waals surface area contributed by atoms with Crippen LogP contribution in [-0.4, -0.2) is 26.7 Å². The van der Waals surface area contributed by atoms with Crippen LogP contribution in [0.1, 0.15) is 82.8 Å². The summed E-state index contributed by atoms with van der Waals surface area (Å²) in [5.74, 6) is 6.20. The molecule has 2 N–H and O–H groups in total. The Morgan fingerprint density at radius 1 is 0.793 bits per heavy atom. The highest BCUT2D eigenvalue weighted by molar-refractivity contribution is 5.92. The molecule has 12 rings (SSSR count). The number of hydrogen-bond acceptors (Lipinski definition) is 3. The van der Waals surface area contributed by atoms with Gasteiger partial charge in [0.1, 0.15) is 11.6 Å². The van der Waals surface area contributed by atoms with Crippen LogP contribution in [0.25, 0.3) is 33.1 Å². The summed E-state index contributed by atoms with van der Waals surface area (Å²) in [6.07, 6.45) is 8.78. The fourth-order valence-electron chi connectivity index (χ4n) is 12.8. The zero-order valence-electron chi connectivity index (χ0n) is 35.4. The number of imidazole rings is 1. The predicted molar refractivity (Wildman–Crippen MR) is 236 cm³/mol. The Kier molecular flexibility index (Phi) is 9.48. The Labute approximate surface area is 344 Å². The highest BCUT2D eigenvalue weighted by Gasteiger charge is 2.57. The van der Waals surface area contributed by atoms with Crippen LogP contribution < -0.4 is 10.6 Å². The molecule has 6 aliphatic rings. The first-order chi connectivity index (χ1) is 28.0. The molecule has 4 bridgehead atoms. The van der Waals surface area contributed by atoms with E-state index in [9.17, 15) is 4.39 Å². The molecule has 5 nitrogen and oxygen atoms in total. The number of aromatic nitrogens is 3. The first kappa shape index (κ1) is 38.0. The van der Waals surface area contributed by atoms with Gasteiger partial charge in [-0.2, -0.15) is 0 Å². The van der Waals surface area contributed by atoms with Crippen LogP contribution >= 0.6 is 0 Å². The van der Waals surface area contributed by atoms with E-state index in [1.165, 1.54) is 64.4 Å². The van der Waals surface area contributed by atoms with E-state index in [2.05, 4.69) is 134 Å². The van der Waals surface area contributed by atoms with Crippen LogP contribution in [0.5, 0.6) is 0 Å². The minimum atomic E-state index is -0.185. The number of aryl methyl sites for hydroxylation is 1. The Bertz CT molecular complexity index is 2440. The molecule has 2 heterocycles. The van der Waals surface area contributed by atoms with E-state index < -0.39 is 0 Å². The summed E-state index contributed by atoms with van der Waals surface area (Å²) < 4.78 is 18.6. The molecule has 0 aliphatic heterocycles. The average Bonchev–Trinajstić information content (AvgIpc) is 3.73. The van der Waals surface area contributed by atoms with E-state index in [1.807, 2.05) is 12.1 Å². The second-order valence-corrected chi connectivity index (χ2v) is 20.2. The first-order valence-corrected chi connectivity index (χ1v) is 22.2. The maximum absolute atomic E-state index is 13.9. The van der Waals surface area contributed by atoms with Crippen molar-refractivity contribution in [1.29, 1.82) is 0 Å². The highest BCUT2D eigenvalue weighted by Crippen LogP contribution is 2.63. The van der Waals surface area contributed by atoms with Crippen molar-refractivity contribution in [3.63, 3.8) is 0 Å². The smallest absolute Gasteiger partial charge is 0.123 e. The zero-order chi connectivity index (χ0) is 39.9. The van der Waals surface area contributed by atoms with Gasteiger partial charge < -0.3 is 19.8 Å². The van der Waals surface area contributed by atoms with Gasteiger partial charge in [-0.15, -0.1) is 0 Å². The molecule has 0 saturated heterocycles. The molecule has 2 unspecified atom stereocenters. The van der Waals surface area contributed by atoms with Crippen molar-refractivity contribution in [2.24, 2.45) is 59.3 Å². The van der Waals surface area contributed by atoms with E-state index in [0.29, 0.717) is 28.7 Å². The molecule has 6 fully saturated rings. The minimum absolute atomic E-state index is 0.185. The van der Waals surface area contributed by atoms with Crippen LogP contribution in [0.4, 0.5) is 4.39 Å². The molecule has 6 aliphatic carbocycles. The standard InChI is InChI=1S/C52H62FN5/c1-32-36(23-38-24-44(32)51(38,2)3)27-54-28-37-31-58(30-33-15-18-40(53)19-16-33)48-20-17-34(21-42(37)48)22-43-45-25-39(52(45,4)5)26-47(43)55-29-49-56-46-14-10-13-41(50(46)57(49)6)35-11-8-7-9-12-35/h7-21,31-32,36,38-39,43-45,47,54-55H,22-30H2,1-6H3/t32-,36?,38+,39-,43+,44+,45+,47?/m0/s1. The molecule has 302 valence electrons. The van der Waals surface area contributed by atoms with Gasteiger partial charge in [-0.05, 0) is 143 Å². The van der Waals surface area contributed by atoms with Gasteiger partial charge in [-0.25, -0.2) is 9.37 Å². The third-order valence-corrected chi connectivity index (χ3v) is 16.7. The molecule has 6 heteroatoms. The SMILES string of the molecule is C[C@H]1C(CNCc2cn(Cc3ccc(F)cc3)c3ccc(C[C@H]4C(NCc5nc6cccc(-c7ccccc7)c6n5C)C[C@@H]5C[C@H]4C5(C)C)cc23)C[C@@H]2C[C@H]1C2(C)C. The summed E-state index contributed by atoms with van der Waals surface area (Å²) in [5, 5.41) is 9.41. The van der Waals surface area contributed by atoms with Crippen LogP contribution in [0.2, 0.25) is 0 Å². The van der Waals surface area contributed by atoms with Gasteiger partial charge in [-0.3, -0.25) is 0 Å². The number of benzene rings is 4. The third-order valence-electron chi connectivity index (χ3n) is 16.7. The normalized spacial score (nSPS) is 28.1. The van der Waals surface area contributed by atoms with E-state index in [0.717, 1.165) is 79.1 Å². The largest absolute Gasteiger partial charge is 0.343 e. The molecule has 6 aromatic rings. The minimum Gasteiger partial charge on any atom is -0.343 e. The van der Waals surface area contributed by atoms with Crippen molar-refractivity contribution in [2.45, 2.75) is 92.4 Å². The fourth-order valence-corrected chi connectivity index (χ4v) is 12.8. The van der Waals surface area contributed by atoms with E-state index in [-0.39, 0.29) is 5.82 Å². The second-order valence-electron chi connectivity index (χ2n) is 20.2. The van der Waals surface area contributed by atoms with E-state index in [1.54, 1.807) is 12.1 Å². The lowest BCUT2D eigenvalue weighted by molar-refractivity contribution is -0.127. The maximum atomic E-state index is 13.9. The Morgan fingerprint density at radius 2 is 1.53 bits per heavy atom. The lowest BCUT2D eigenvalue weighted by Gasteiger charge is -2.63. The summed E-state index contributed by atoms with van der Waals surface area (Å²) in [6, 6.07) is 31.9. The van der Waals surface area contributed by atoms with Crippen LogP contribution in [0.3, 0.4) is 0 Å². The molecule has 0 amide bonds. The van der Waals surface area contributed by atoms with Crippen molar-refractivity contribution in [2.75, 3.05) is 6.54 Å². The van der Waals surface area contributed by atoms with Crippen molar-refractivity contribution in [3.8, 4) is 11.1 Å². The molecule has 2 aromatic heterocycles. The lowest BCUT2D eigenvalue weighted by atomic mass is 9.43. The summed E-state index contributed by atoms with van der Waals surface area (Å²) in [5.41, 5.74) is 10.8. The number of hydrogen-bond donors (Lipinski definition) is 2. The lowest BCUT2D eigenvalue weighted by Crippen LogP contribution is -2.61. The summed E-state index contributed by atoms with van der Waals surface area (Å²) in [6.45, 7) is 16.0.